The number of hydrogen-bond donors (Lipinski definition) is 2. The third-order valence-electron chi connectivity index (χ3n) is 1.40. The fraction of sp³-hybridized carbons (Fsp3) is 0.143. The van der Waals surface area contributed by atoms with Crippen LogP contribution < -0.4 is 5.73 Å². The summed E-state index contributed by atoms with van der Waals surface area (Å²) in [5.41, 5.74) is 5.70. The largest absolute Gasteiger partial charge is 0.480 e. The Hall–Kier alpha value is -0.460. The number of rotatable bonds is 2. The molecular weight excluding hydrogens is 304 g/mol. The maximum atomic E-state index is 10.5. The molecule has 1 rings (SSSR count). The Balaban J connectivity index is 3.08. The van der Waals surface area contributed by atoms with Crippen LogP contribution in [0, 0.1) is 0 Å². The van der Waals surface area contributed by atoms with Crippen molar-refractivity contribution in [3.8, 4) is 0 Å². The zero-order valence-electron chi connectivity index (χ0n) is 6.37. The van der Waals surface area contributed by atoms with Gasteiger partial charge in [0.15, 0.2) is 0 Å². The number of aromatic nitrogens is 1. The quantitative estimate of drug-likeness (QED) is 0.871. The van der Waals surface area contributed by atoms with E-state index >= 15 is 0 Å². The number of hydrogen-bond acceptors (Lipinski definition) is 3. The van der Waals surface area contributed by atoms with Gasteiger partial charge in [0.2, 0.25) is 0 Å². The van der Waals surface area contributed by atoms with Crippen LogP contribution in [0.1, 0.15) is 11.7 Å². The molecule has 0 radical (unpaired) electrons. The summed E-state index contributed by atoms with van der Waals surface area (Å²) in [6, 6.07) is 0.605. The van der Waals surface area contributed by atoms with Gasteiger partial charge in [0.05, 0.1) is 5.69 Å². The third kappa shape index (κ3) is 2.49. The lowest BCUT2D eigenvalue weighted by Gasteiger charge is -2.07. The molecule has 0 aliphatic rings. The van der Waals surface area contributed by atoms with Crippen LogP contribution in [-0.4, -0.2) is 16.1 Å². The average molecular weight is 310 g/mol. The van der Waals surface area contributed by atoms with Gasteiger partial charge in [-0.2, -0.15) is 0 Å². The number of nitrogens with zero attached hydrogens (tertiary/aromatic N) is 1. The summed E-state index contributed by atoms with van der Waals surface area (Å²) < 4.78 is 1.34. The summed E-state index contributed by atoms with van der Waals surface area (Å²) in [7, 11) is 0. The molecule has 70 valence electrons. The van der Waals surface area contributed by atoms with Gasteiger partial charge in [0.25, 0.3) is 0 Å². The van der Waals surface area contributed by atoms with E-state index in [0.29, 0.717) is 10.2 Å². The van der Waals surface area contributed by atoms with E-state index in [4.69, 9.17) is 10.8 Å². The first-order valence-corrected chi connectivity index (χ1v) is 4.90. The van der Waals surface area contributed by atoms with Gasteiger partial charge in [-0.1, -0.05) is 0 Å². The molecule has 3 N–H and O–H groups in total. The Morgan fingerprint density at radius 3 is 2.69 bits per heavy atom. The minimum absolute atomic E-state index is 0.315. The van der Waals surface area contributed by atoms with Crippen molar-refractivity contribution < 1.29 is 9.90 Å². The van der Waals surface area contributed by atoms with Gasteiger partial charge in [-0.15, -0.1) is 0 Å². The monoisotopic (exact) mass is 308 g/mol. The van der Waals surface area contributed by atoms with Crippen molar-refractivity contribution in [2.24, 2.45) is 5.73 Å². The molecule has 0 spiro atoms. The smallest absolute Gasteiger partial charge is 0.326 e. The normalized spacial score (nSPS) is 12.5. The molecule has 0 aromatic carbocycles. The highest BCUT2D eigenvalue weighted by molar-refractivity contribution is 9.11. The van der Waals surface area contributed by atoms with Gasteiger partial charge < -0.3 is 10.8 Å². The van der Waals surface area contributed by atoms with Crippen molar-refractivity contribution in [3.05, 3.63) is 26.9 Å². The average Bonchev–Trinajstić information content (AvgIpc) is 2.03. The molecular formula is C7H6Br2N2O2. The van der Waals surface area contributed by atoms with Gasteiger partial charge in [-0.05, 0) is 37.9 Å². The fourth-order valence-corrected chi connectivity index (χ4v) is 2.01. The summed E-state index contributed by atoms with van der Waals surface area (Å²) in [6.45, 7) is 0. The summed E-state index contributed by atoms with van der Waals surface area (Å²) in [5.74, 6) is -1.10. The van der Waals surface area contributed by atoms with E-state index in [0.717, 1.165) is 4.47 Å². The SMILES string of the molecule is N[C@H](C(=O)O)c1ncc(Br)cc1Br. The predicted octanol–water partition coefficient (Wildman–Crippen LogP) is 1.69. The number of pyridine rings is 1. The number of carboxylic acids is 1. The predicted molar refractivity (Wildman–Crippen MR) is 54.2 cm³/mol. The van der Waals surface area contributed by atoms with Gasteiger partial charge in [-0.25, -0.2) is 0 Å². The molecule has 1 aromatic rings. The molecule has 0 amide bonds. The zero-order valence-corrected chi connectivity index (χ0v) is 9.54. The first kappa shape index (κ1) is 10.6. The first-order valence-electron chi connectivity index (χ1n) is 3.31. The van der Waals surface area contributed by atoms with Crippen molar-refractivity contribution >= 4 is 37.8 Å². The van der Waals surface area contributed by atoms with Gasteiger partial charge in [0.1, 0.15) is 6.04 Å². The molecule has 6 heteroatoms. The third-order valence-corrected chi connectivity index (χ3v) is 2.47. The van der Waals surface area contributed by atoms with Crippen molar-refractivity contribution in [2.75, 3.05) is 0 Å². The standard InChI is InChI=1S/C7H6Br2N2O2/c8-3-1-4(9)6(11-2-3)5(10)7(12)13/h1-2,5H,10H2,(H,12,13)/t5-/m0/s1. The van der Waals surface area contributed by atoms with Crippen LogP contribution in [0.3, 0.4) is 0 Å². The number of nitrogens with two attached hydrogens (primary N) is 1. The molecule has 0 saturated heterocycles. The van der Waals surface area contributed by atoms with Crippen molar-refractivity contribution in [1.82, 2.24) is 4.98 Å². The molecule has 0 aliphatic carbocycles. The van der Waals surface area contributed by atoms with Gasteiger partial charge in [-0.3, -0.25) is 9.78 Å². The molecule has 1 atom stereocenters. The fourth-order valence-electron chi connectivity index (χ4n) is 0.771. The molecule has 0 bridgehead atoms. The van der Waals surface area contributed by atoms with Crippen molar-refractivity contribution in [2.45, 2.75) is 6.04 Å². The molecule has 0 aliphatic heterocycles. The summed E-state index contributed by atoms with van der Waals surface area (Å²) in [6.07, 6.45) is 1.50. The second kappa shape index (κ2) is 4.17. The van der Waals surface area contributed by atoms with Crippen LogP contribution in [-0.2, 0) is 4.79 Å². The molecule has 0 unspecified atom stereocenters. The number of aliphatic carboxylic acids is 1. The second-order valence-electron chi connectivity index (χ2n) is 2.34. The van der Waals surface area contributed by atoms with E-state index < -0.39 is 12.0 Å². The van der Waals surface area contributed by atoms with E-state index in [1.165, 1.54) is 6.20 Å². The van der Waals surface area contributed by atoms with E-state index in [-0.39, 0.29) is 0 Å². The summed E-state index contributed by atoms with van der Waals surface area (Å²) in [5, 5.41) is 8.63. The van der Waals surface area contributed by atoms with Gasteiger partial charge in [0, 0.05) is 15.1 Å². The van der Waals surface area contributed by atoms with Crippen molar-refractivity contribution in [3.63, 3.8) is 0 Å². The molecule has 1 heterocycles. The second-order valence-corrected chi connectivity index (χ2v) is 4.11. The minimum atomic E-state index is -1.10. The van der Waals surface area contributed by atoms with E-state index in [9.17, 15) is 4.79 Å². The number of carbonyl (C=O) groups is 1. The lowest BCUT2D eigenvalue weighted by molar-refractivity contribution is -0.138. The first-order chi connectivity index (χ1) is 6.02. The summed E-state index contributed by atoms with van der Waals surface area (Å²) >= 11 is 6.38. The lowest BCUT2D eigenvalue weighted by atomic mass is 10.2. The van der Waals surface area contributed by atoms with Gasteiger partial charge >= 0.3 is 5.97 Å². The highest BCUT2D eigenvalue weighted by atomic mass is 79.9. The maximum absolute atomic E-state index is 10.5. The molecule has 13 heavy (non-hydrogen) atoms. The Bertz CT molecular complexity index is 343. The van der Waals surface area contributed by atoms with Crippen LogP contribution in [0.25, 0.3) is 0 Å². The van der Waals surface area contributed by atoms with Crippen molar-refractivity contribution in [1.29, 1.82) is 0 Å². The highest BCUT2D eigenvalue weighted by Crippen LogP contribution is 2.23. The molecule has 0 saturated carbocycles. The Morgan fingerprint density at radius 2 is 2.23 bits per heavy atom. The van der Waals surface area contributed by atoms with Crippen LogP contribution in [0.4, 0.5) is 0 Å². The Morgan fingerprint density at radius 1 is 1.62 bits per heavy atom. The van der Waals surface area contributed by atoms with Crippen LogP contribution in [0.2, 0.25) is 0 Å². The maximum Gasteiger partial charge on any atom is 0.326 e. The molecule has 1 aromatic heterocycles. The summed E-state index contributed by atoms with van der Waals surface area (Å²) in [4.78, 5) is 14.4. The van der Waals surface area contributed by atoms with E-state index in [1.54, 1.807) is 6.07 Å². The van der Waals surface area contributed by atoms with E-state index in [1.807, 2.05) is 0 Å². The minimum Gasteiger partial charge on any atom is -0.480 e. The van der Waals surface area contributed by atoms with Crippen LogP contribution in [0.15, 0.2) is 21.2 Å². The molecule has 4 nitrogen and oxygen atoms in total. The Labute approximate surface area is 91.4 Å². The lowest BCUT2D eigenvalue weighted by Crippen LogP contribution is -2.22. The Kier molecular flexibility index (Phi) is 3.40. The van der Waals surface area contributed by atoms with E-state index in [2.05, 4.69) is 36.8 Å². The molecule has 0 fully saturated rings. The highest BCUT2D eigenvalue weighted by Gasteiger charge is 2.18. The topological polar surface area (TPSA) is 76.2 Å². The zero-order chi connectivity index (χ0) is 10.0. The number of carboxylic acid groups (broad SMARTS) is 1. The van der Waals surface area contributed by atoms with Crippen LogP contribution >= 0.6 is 31.9 Å². The van der Waals surface area contributed by atoms with Crippen LogP contribution in [0.5, 0.6) is 0 Å². The number of halogens is 2.